The highest BCUT2D eigenvalue weighted by Gasteiger charge is 2.38. The molecule has 170 valence electrons. The summed E-state index contributed by atoms with van der Waals surface area (Å²) in [5, 5.41) is 7.58. The molecule has 0 radical (unpaired) electrons. The zero-order valence-electron chi connectivity index (χ0n) is 16.8. The normalized spacial score (nSPS) is 14.6. The van der Waals surface area contributed by atoms with Crippen molar-refractivity contribution in [1.82, 2.24) is 29.8 Å². The number of nitrogen functional groups attached to an aromatic ring is 1. The molecule has 0 bridgehead atoms. The van der Waals surface area contributed by atoms with Crippen LogP contribution in [0, 0.1) is 5.82 Å². The summed E-state index contributed by atoms with van der Waals surface area (Å²) in [4.78, 5) is 21.4. The number of rotatable bonds is 4. The topological polar surface area (TPSA) is 116 Å². The van der Waals surface area contributed by atoms with Crippen molar-refractivity contribution in [2.75, 3.05) is 18.8 Å². The fraction of sp³-hybridized carbons (Fsp3) is 0.250. The zero-order valence-corrected chi connectivity index (χ0v) is 16.8. The van der Waals surface area contributed by atoms with Gasteiger partial charge in [0.15, 0.2) is 0 Å². The quantitative estimate of drug-likeness (QED) is 0.465. The number of benzene rings is 1. The van der Waals surface area contributed by atoms with Crippen molar-refractivity contribution < 1.29 is 26.9 Å². The highest BCUT2D eigenvalue weighted by atomic mass is 19.4. The fourth-order valence-electron chi connectivity index (χ4n) is 3.77. The Morgan fingerprint density at radius 3 is 2.73 bits per heavy atom. The van der Waals surface area contributed by atoms with Crippen LogP contribution < -0.4 is 5.73 Å². The van der Waals surface area contributed by atoms with Gasteiger partial charge in [-0.3, -0.25) is 9.48 Å². The molecule has 1 aliphatic heterocycles. The van der Waals surface area contributed by atoms with E-state index in [0.29, 0.717) is 29.9 Å². The number of nitrogens with two attached hydrogens (primary N) is 1. The van der Waals surface area contributed by atoms with Gasteiger partial charge in [0.05, 0.1) is 16.6 Å². The Balaban J connectivity index is 1.41. The van der Waals surface area contributed by atoms with Gasteiger partial charge in [0, 0.05) is 30.8 Å². The van der Waals surface area contributed by atoms with Crippen LogP contribution in [0.15, 0.2) is 41.1 Å². The molecule has 3 aromatic heterocycles. The van der Waals surface area contributed by atoms with E-state index >= 15 is 0 Å². The Bertz CT molecular complexity index is 1360. The Kier molecular flexibility index (Phi) is 4.76. The zero-order chi connectivity index (χ0) is 23.3. The van der Waals surface area contributed by atoms with Gasteiger partial charge < -0.3 is 15.2 Å². The molecule has 33 heavy (non-hydrogen) atoms. The van der Waals surface area contributed by atoms with E-state index in [2.05, 4.69) is 24.7 Å². The molecule has 0 saturated carbocycles. The average Bonchev–Trinajstić information content (AvgIpc) is 3.33. The largest absolute Gasteiger partial charge is 0.455 e. The summed E-state index contributed by atoms with van der Waals surface area (Å²) < 4.78 is 59.0. The summed E-state index contributed by atoms with van der Waals surface area (Å²) >= 11 is 0. The van der Waals surface area contributed by atoms with Crippen LogP contribution in [0.2, 0.25) is 0 Å². The van der Waals surface area contributed by atoms with Gasteiger partial charge >= 0.3 is 6.18 Å². The number of hydrogen-bond acceptors (Lipinski definition) is 7. The molecule has 1 fully saturated rings. The lowest BCUT2D eigenvalue weighted by atomic mass is 9.93. The number of likely N-dealkylation sites (tertiary alicyclic amines) is 1. The first kappa shape index (κ1) is 20.8. The Hall–Kier alpha value is -4.03. The number of hydrogen-bond donors (Lipinski definition) is 1. The van der Waals surface area contributed by atoms with Crippen molar-refractivity contribution in [2.24, 2.45) is 0 Å². The van der Waals surface area contributed by atoms with Gasteiger partial charge in [0.25, 0.3) is 11.7 Å². The number of halogens is 4. The molecule has 9 nitrogen and oxygen atoms in total. The Morgan fingerprint density at radius 1 is 1.24 bits per heavy atom. The number of fused-ring (bicyclic) bond motifs is 1. The summed E-state index contributed by atoms with van der Waals surface area (Å²) in [5.74, 6) is -2.52. The first-order chi connectivity index (χ1) is 15.7. The van der Waals surface area contributed by atoms with E-state index in [4.69, 9.17) is 5.73 Å². The van der Waals surface area contributed by atoms with E-state index in [0.717, 1.165) is 0 Å². The first-order valence-corrected chi connectivity index (χ1v) is 9.76. The van der Waals surface area contributed by atoms with E-state index in [-0.39, 0.29) is 35.5 Å². The van der Waals surface area contributed by atoms with Crippen LogP contribution in [0.5, 0.6) is 0 Å². The van der Waals surface area contributed by atoms with Crippen LogP contribution in [0.4, 0.5) is 23.4 Å². The van der Waals surface area contributed by atoms with Gasteiger partial charge in [0.1, 0.15) is 18.2 Å². The van der Waals surface area contributed by atoms with Crippen molar-refractivity contribution in [3.63, 3.8) is 0 Å². The molecule has 13 heteroatoms. The van der Waals surface area contributed by atoms with Gasteiger partial charge in [-0.1, -0.05) is 11.2 Å². The second-order valence-electron chi connectivity index (χ2n) is 7.56. The predicted octanol–water partition coefficient (Wildman–Crippen LogP) is 2.84. The first-order valence-electron chi connectivity index (χ1n) is 9.76. The molecule has 0 spiro atoms. The lowest BCUT2D eigenvalue weighted by molar-refractivity contribution is -0.146. The molecule has 0 unspecified atom stereocenters. The highest BCUT2D eigenvalue weighted by Crippen LogP contribution is 2.34. The number of alkyl halides is 3. The van der Waals surface area contributed by atoms with Crippen LogP contribution in [-0.4, -0.2) is 48.8 Å². The summed E-state index contributed by atoms with van der Waals surface area (Å²) in [6.07, 6.45) is -3.31. The van der Waals surface area contributed by atoms with Gasteiger partial charge in [-0.05, 0) is 24.3 Å². The lowest BCUT2D eigenvalue weighted by Gasteiger charge is -2.38. The second-order valence-corrected chi connectivity index (χ2v) is 7.56. The van der Waals surface area contributed by atoms with Crippen molar-refractivity contribution >= 4 is 22.6 Å². The van der Waals surface area contributed by atoms with E-state index in [1.165, 1.54) is 29.1 Å². The Morgan fingerprint density at radius 2 is 2.03 bits per heavy atom. The summed E-state index contributed by atoms with van der Waals surface area (Å²) in [5.41, 5.74) is 6.78. The summed E-state index contributed by atoms with van der Waals surface area (Å²) in [6.45, 7) is 0.315. The number of aromatic nitrogens is 5. The number of amides is 1. The number of pyridine rings is 1. The smallest absolute Gasteiger partial charge is 0.384 e. The molecular weight excluding hydrogens is 446 g/mol. The van der Waals surface area contributed by atoms with E-state index in [1.807, 2.05) is 0 Å². The van der Waals surface area contributed by atoms with Gasteiger partial charge in [0.2, 0.25) is 5.89 Å². The molecule has 1 aliphatic rings. The minimum atomic E-state index is -4.74. The molecule has 1 aromatic carbocycles. The molecule has 2 N–H and O–H groups in total. The monoisotopic (exact) mass is 461 g/mol. The van der Waals surface area contributed by atoms with Crippen molar-refractivity contribution in [3.05, 3.63) is 65.3 Å². The van der Waals surface area contributed by atoms with E-state index in [1.54, 1.807) is 17.0 Å². The molecule has 4 aromatic rings. The van der Waals surface area contributed by atoms with Crippen molar-refractivity contribution in [1.29, 1.82) is 0 Å². The fourth-order valence-corrected chi connectivity index (χ4v) is 3.77. The summed E-state index contributed by atoms with van der Waals surface area (Å²) in [6, 6.07) is 7.36. The standard InChI is InChI=1S/C20H15F4N7O2/c21-12-2-1-3-13-16(12)17(28-31(13)9-15-27-19(29-33-15)20(22,23)24)11-7-30(8-11)18(32)10-4-5-26-14(25)6-10/h1-6,11H,7-9H2,(H2,25,26). The minimum Gasteiger partial charge on any atom is -0.384 e. The minimum absolute atomic E-state index is 0.222. The van der Waals surface area contributed by atoms with Gasteiger partial charge in [-0.25, -0.2) is 9.37 Å². The van der Waals surface area contributed by atoms with E-state index in [9.17, 15) is 22.4 Å². The summed E-state index contributed by atoms with van der Waals surface area (Å²) in [7, 11) is 0. The van der Waals surface area contributed by atoms with Crippen molar-refractivity contribution in [3.8, 4) is 0 Å². The predicted molar refractivity (Wildman–Crippen MR) is 105 cm³/mol. The molecule has 4 heterocycles. The van der Waals surface area contributed by atoms with Gasteiger partial charge in [-0.2, -0.15) is 23.3 Å². The molecule has 5 rings (SSSR count). The number of nitrogens with zero attached hydrogens (tertiary/aromatic N) is 6. The third-order valence-corrected chi connectivity index (χ3v) is 5.34. The molecular formula is C20H15F4N7O2. The van der Waals surface area contributed by atoms with Crippen LogP contribution in [0.1, 0.15) is 33.7 Å². The SMILES string of the molecule is Nc1cc(C(=O)N2CC(c3nn(Cc4nc(C(F)(F)F)no4)c4cccc(F)c34)C2)ccn1. The van der Waals surface area contributed by atoms with Crippen LogP contribution in [0.25, 0.3) is 10.9 Å². The van der Waals surface area contributed by atoms with Crippen LogP contribution >= 0.6 is 0 Å². The molecule has 1 saturated heterocycles. The van der Waals surface area contributed by atoms with E-state index < -0.39 is 17.8 Å². The molecule has 0 aliphatic carbocycles. The molecule has 1 amide bonds. The highest BCUT2D eigenvalue weighted by molar-refractivity contribution is 5.95. The number of anilines is 1. The van der Waals surface area contributed by atoms with Crippen molar-refractivity contribution in [2.45, 2.75) is 18.6 Å². The third-order valence-electron chi connectivity index (χ3n) is 5.34. The van der Waals surface area contributed by atoms with Crippen LogP contribution in [0.3, 0.4) is 0 Å². The Labute approximate surface area is 182 Å². The molecule has 0 atom stereocenters. The maximum Gasteiger partial charge on any atom is 0.455 e. The number of carbonyl (C=O) groups is 1. The van der Waals surface area contributed by atoms with Gasteiger partial charge in [-0.15, -0.1) is 0 Å². The maximum absolute atomic E-state index is 14.7. The maximum atomic E-state index is 14.7. The average molecular weight is 461 g/mol. The number of carbonyl (C=O) groups excluding carboxylic acids is 1. The van der Waals surface area contributed by atoms with Crippen LogP contribution in [-0.2, 0) is 12.7 Å². The third kappa shape index (κ3) is 3.75. The lowest BCUT2D eigenvalue weighted by Crippen LogP contribution is -2.48. The second kappa shape index (κ2) is 7.53.